The van der Waals surface area contributed by atoms with E-state index in [2.05, 4.69) is 20.2 Å². The van der Waals surface area contributed by atoms with Crippen molar-refractivity contribution in [3.8, 4) is 0 Å². The highest BCUT2D eigenvalue weighted by molar-refractivity contribution is 7.89. The molecule has 2 aromatic rings. The molecule has 1 aromatic heterocycles. The van der Waals surface area contributed by atoms with Gasteiger partial charge in [0.25, 0.3) is 0 Å². The summed E-state index contributed by atoms with van der Waals surface area (Å²) >= 11 is 0. The summed E-state index contributed by atoms with van der Waals surface area (Å²) in [5.41, 5.74) is 0. The van der Waals surface area contributed by atoms with Gasteiger partial charge >= 0.3 is 0 Å². The molecule has 0 unspecified atom stereocenters. The topological polar surface area (TPSA) is 89.8 Å². The lowest BCUT2D eigenvalue weighted by atomic mass is 10.4. The molecule has 0 aliphatic carbocycles. The second-order valence-corrected chi connectivity index (χ2v) is 5.12. The normalized spacial score (nSPS) is 11.6. The third-order valence-corrected chi connectivity index (χ3v) is 3.60. The third-order valence-electron chi connectivity index (χ3n) is 2.18. The van der Waals surface area contributed by atoms with Gasteiger partial charge in [-0.25, -0.2) is 17.8 Å². The molecule has 1 heterocycles. The van der Waals surface area contributed by atoms with Gasteiger partial charge in [-0.1, -0.05) is 18.2 Å². The Kier molecular flexibility index (Phi) is 3.16. The van der Waals surface area contributed by atoms with Gasteiger partial charge < -0.3 is 0 Å². The number of tetrazole rings is 1. The lowest BCUT2D eigenvalue weighted by molar-refractivity contribution is 0.575. The van der Waals surface area contributed by atoms with Crippen LogP contribution in [0.5, 0.6) is 0 Å². The van der Waals surface area contributed by atoms with Crippen molar-refractivity contribution in [1.29, 1.82) is 0 Å². The van der Waals surface area contributed by atoms with Crippen LogP contribution in [0.2, 0.25) is 0 Å². The van der Waals surface area contributed by atoms with Crippen LogP contribution >= 0.6 is 0 Å². The van der Waals surface area contributed by atoms with E-state index >= 15 is 0 Å². The summed E-state index contributed by atoms with van der Waals surface area (Å²) in [6, 6.07) is 8.14. The molecule has 1 N–H and O–H groups in total. The van der Waals surface area contributed by atoms with Crippen molar-refractivity contribution in [2.45, 2.75) is 11.4 Å². The quantitative estimate of drug-likeness (QED) is 0.807. The molecular weight excluding hydrogens is 242 g/mol. The number of aryl methyl sites for hydroxylation is 1. The molecule has 90 valence electrons. The van der Waals surface area contributed by atoms with E-state index in [1.807, 2.05) is 0 Å². The van der Waals surface area contributed by atoms with Crippen molar-refractivity contribution < 1.29 is 8.42 Å². The highest BCUT2D eigenvalue weighted by Crippen LogP contribution is 2.07. The molecule has 0 spiro atoms. The van der Waals surface area contributed by atoms with E-state index in [-0.39, 0.29) is 11.4 Å². The fourth-order valence-corrected chi connectivity index (χ4v) is 2.24. The van der Waals surface area contributed by atoms with E-state index < -0.39 is 10.0 Å². The molecular formula is C9H11N5O2S. The monoisotopic (exact) mass is 253 g/mol. The highest BCUT2D eigenvalue weighted by Gasteiger charge is 2.14. The molecule has 0 fully saturated rings. The summed E-state index contributed by atoms with van der Waals surface area (Å²) in [4.78, 5) is 0.218. The molecule has 0 amide bonds. The van der Waals surface area contributed by atoms with Gasteiger partial charge in [0, 0.05) is 7.05 Å². The van der Waals surface area contributed by atoms with Gasteiger partial charge in [-0.15, -0.1) is 5.10 Å². The summed E-state index contributed by atoms with van der Waals surface area (Å²) in [7, 11) is -1.87. The van der Waals surface area contributed by atoms with Crippen molar-refractivity contribution >= 4 is 10.0 Å². The number of benzene rings is 1. The SMILES string of the molecule is Cn1nnnc1CNS(=O)(=O)c1ccccc1. The Labute approximate surface area is 98.5 Å². The van der Waals surface area contributed by atoms with E-state index in [0.29, 0.717) is 5.82 Å². The Hall–Kier alpha value is -1.80. The summed E-state index contributed by atoms with van der Waals surface area (Å²) in [5, 5.41) is 10.7. The van der Waals surface area contributed by atoms with E-state index in [9.17, 15) is 8.42 Å². The van der Waals surface area contributed by atoms with Crippen LogP contribution < -0.4 is 4.72 Å². The predicted octanol–water partition coefficient (Wildman–Crippen LogP) is -0.311. The molecule has 17 heavy (non-hydrogen) atoms. The minimum Gasteiger partial charge on any atom is -0.231 e. The number of hydrogen-bond acceptors (Lipinski definition) is 5. The summed E-state index contributed by atoms with van der Waals surface area (Å²) in [6.07, 6.45) is 0. The first-order valence-corrected chi connectivity index (χ1v) is 6.34. The first kappa shape index (κ1) is 11.7. The van der Waals surface area contributed by atoms with Crippen LogP contribution in [0.3, 0.4) is 0 Å². The molecule has 0 saturated heterocycles. The standard InChI is InChI=1S/C9H11N5O2S/c1-14-9(11-12-13-14)7-10-17(15,16)8-5-3-2-4-6-8/h2-6,10H,7H2,1H3. The maximum atomic E-state index is 11.8. The molecule has 0 aliphatic heterocycles. The Balaban J connectivity index is 2.12. The molecule has 0 radical (unpaired) electrons. The van der Waals surface area contributed by atoms with Crippen molar-refractivity contribution in [3.05, 3.63) is 36.2 Å². The summed E-state index contributed by atoms with van der Waals surface area (Å²) in [6.45, 7) is 0.0563. The average molecular weight is 253 g/mol. The van der Waals surface area contributed by atoms with Crippen molar-refractivity contribution in [1.82, 2.24) is 24.9 Å². The van der Waals surface area contributed by atoms with E-state index in [0.717, 1.165) is 0 Å². The third kappa shape index (κ3) is 2.66. The van der Waals surface area contributed by atoms with Gasteiger partial charge in [-0.3, -0.25) is 0 Å². The second-order valence-electron chi connectivity index (χ2n) is 3.36. The van der Waals surface area contributed by atoms with Crippen LogP contribution in [0.15, 0.2) is 35.2 Å². The van der Waals surface area contributed by atoms with Gasteiger partial charge in [0.15, 0.2) is 5.82 Å². The number of aromatic nitrogens is 4. The predicted molar refractivity (Wildman–Crippen MR) is 59.3 cm³/mol. The molecule has 0 bridgehead atoms. The molecule has 2 rings (SSSR count). The number of nitrogens with zero attached hydrogens (tertiary/aromatic N) is 4. The van der Waals surface area contributed by atoms with Crippen molar-refractivity contribution in [3.63, 3.8) is 0 Å². The van der Waals surface area contributed by atoms with Gasteiger partial charge in [0.2, 0.25) is 10.0 Å². The molecule has 0 aliphatic rings. The zero-order valence-corrected chi connectivity index (χ0v) is 9.92. The lowest BCUT2D eigenvalue weighted by Crippen LogP contribution is -2.24. The molecule has 7 nitrogen and oxygen atoms in total. The first-order chi connectivity index (χ1) is 8.09. The lowest BCUT2D eigenvalue weighted by Gasteiger charge is -2.05. The highest BCUT2D eigenvalue weighted by atomic mass is 32.2. The fraction of sp³-hybridized carbons (Fsp3) is 0.222. The van der Waals surface area contributed by atoms with Gasteiger partial charge in [-0.2, -0.15) is 0 Å². The second kappa shape index (κ2) is 4.60. The van der Waals surface area contributed by atoms with E-state index in [1.54, 1.807) is 25.2 Å². The Bertz CT molecular complexity index is 593. The molecule has 0 saturated carbocycles. The Morgan fingerprint density at radius 2 is 2.00 bits per heavy atom. The van der Waals surface area contributed by atoms with Gasteiger partial charge in [0.1, 0.15) is 0 Å². The number of rotatable bonds is 4. The zero-order valence-electron chi connectivity index (χ0n) is 9.11. The van der Waals surface area contributed by atoms with E-state index in [4.69, 9.17) is 0 Å². The number of hydrogen-bond donors (Lipinski definition) is 1. The number of sulfonamides is 1. The molecule has 8 heteroatoms. The van der Waals surface area contributed by atoms with Gasteiger partial charge in [-0.05, 0) is 22.6 Å². The van der Waals surface area contributed by atoms with Crippen LogP contribution in [0.25, 0.3) is 0 Å². The molecule has 0 atom stereocenters. The van der Waals surface area contributed by atoms with Crippen LogP contribution in [-0.4, -0.2) is 28.6 Å². The fourth-order valence-electron chi connectivity index (χ4n) is 1.24. The Morgan fingerprint density at radius 3 is 2.59 bits per heavy atom. The first-order valence-electron chi connectivity index (χ1n) is 4.85. The minimum absolute atomic E-state index is 0.0563. The minimum atomic E-state index is -3.51. The Morgan fingerprint density at radius 1 is 1.29 bits per heavy atom. The maximum absolute atomic E-state index is 11.8. The van der Waals surface area contributed by atoms with Crippen LogP contribution in [-0.2, 0) is 23.6 Å². The zero-order chi connectivity index (χ0) is 12.3. The average Bonchev–Trinajstić information content (AvgIpc) is 2.74. The van der Waals surface area contributed by atoms with Crippen molar-refractivity contribution in [2.24, 2.45) is 7.05 Å². The van der Waals surface area contributed by atoms with Crippen LogP contribution in [0, 0.1) is 0 Å². The smallest absolute Gasteiger partial charge is 0.231 e. The largest absolute Gasteiger partial charge is 0.240 e. The van der Waals surface area contributed by atoms with Crippen LogP contribution in [0.4, 0.5) is 0 Å². The molecule has 1 aromatic carbocycles. The van der Waals surface area contributed by atoms with Gasteiger partial charge in [0.05, 0.1) is 11.4 Å². The van der Waals surface area contributed by atoms with Crippen LogP contribution in [0.1, 0.15) is 5.82 Å². The van der Waals surface area contributed by atoms with Crippen molar-refractivity contribution in [2.75, 3.05) is 0 Å². The summed E-state index contributed by atoms with van der Waals surface area (Å²) < 4.78 is 27.5. The summed E-state index contributed by atoms with van der Waals surface area (Å²) in [5.74, 6) is 0.449. The maximum Gasteiger partial charge on any atom is 0.240 e. The number of nitrogens with one attached hydrogen (secondary N) is 1. The van der Waals surface area contributed by atoms with E-state index in [1.165, 1.54) is 16.8 Å².